The third-order valence-electron chi connectivity index (χ3n) is 4.07. The van der Waals surface area contributed by atoms with Crippen LogP contribution in [0.2, 0.25) is 0 Å². The topological polar surface area (TPSA) is 67.9 Å². The number of piperidine rings is 1. The average Bonchev–Trinajstić information content (AvgIpc) is 2.55. The van der Waals surface area contributed by atoms with Crippen molar-refractivity contribution in [2.24, 2.45) is 0 Å². The zero-order valence-electron chi connectivity index (χ0n) is 15.5. The number of carbonyl (C=O) groups is 2. The van der Waals surface area contributed by atoms with Crippen molar-refractivity contribution < 1.29 is 19.1 Å². The van der Waals surface area contributed by atoms with E-state index >= 15 is 0 Å². The van der Waals surface area contributed by atoms with Gasteiger partial charge in [-0.3, -0.25) is 4.79 Å². The van der Waals surface area contributed by atoms with Crippen LogP contribution in [0.3, 0.4) is 0 Å². The number of nitrogens with one attached hydrogen (secondary N) is 1. The summed E-state index contributed by atoms with van der Waals surface area (Å²) in [5.41, 5.74) is 0.331. The van der Waals surface area contributed by atoms with Crippen LogP contribution in [0, 0.1) is 0 Å². The van der Waals surface area contributed by atoms with Crippen molar-refractivity contribution in [2.45, 2.75) is 51.4 Å². The third kappa shape index (κ3) is 5.74. The largest absolute Gasteiger partial charge is 0.444 e. The smallest absolute Gasteiger partial charge is 0.410 e. The highest BCUT2D eigenvalue weighted by molar-refractivity contribution is 5.82. The van der Waals surface area contributed by atoms with Gasteiger partial charge in [-0.2, -0.15) is 0 Å². The molecule has 25 heavy (non-hydrogen) atoms. The van der Waals surface area contributed by atoms with Gasteiger partial charge in [0.25, 0.3) is 5.91 Å². The Balaban J connectivity index is 1.85. The number of hydrogen-bond acceptors (Lipinski definition) is 4. The van der Waals surface area contributed by atoms with E-state index in [1.807, 2.05) is 51.1 Å². The lowest BCUT2D eigenvalue weighted by Crippen LogP contribution is -2.48. The minimum Gasteiger partial charge on any atom is -0.444 e. The first-order valence-electron chi connectivity index (χ1n) is 8.66. The zero-order chi connectivity index (χ0) is 18.4. The van der Waals surface area contributed by atoms with Crippen LogP contribution >= 0.6 is 0 Å². The molecule has 1 aromatic carbocycles. The van der Waals surface area contributed by atoms with Crippen molar-refractivity contribution in [3.63, 3.8) is 0 Å². The number of ether oxygens (including phenoxy) is 2. The highest BCUT2D eigenvalue weighted by atomic mass is 16.6. The van der Waals surface area contributed by atoms with E-state index in [0.29, 0.717) is 25.9 Å². The quantitative estimate of drug-likeness (QED) is 0.908. The molecule has 0 spiro atoms. The number of benzene rings is 1. The molecule has 1 fully saturated rings. The fourth-order valence-electron chi connectivity index (χ4n) is 2.83. The Morgan fingerprint density at radius 3 is 2.28 bits per heavy atom. The van der Waals surface area contributed by atoms with Gasteiger partial charge >= 0.3 is 6.09 Å². The van der Waals surface area contributed by atoms with E-state index in [1.54, 1.807) is 4.90 Å². The second kappa shape index (κ2) is 8.34. The van der Waals surface area contributed by atoms with Gasteiger partial charge in [-0.25, -0.2) is 4.79 Å². The van der Waals surface area contributed by atoms with Crippen LogP contribution in [0.1, 0.15) is 45.3 Å². The monoisotopic (exact) mass is 348 g/mol. The molecular formula is C19H28N2O4. The second-order valence-electron chi connectivity index (χ2n) is 7.28. The van der Waals surface area contributed by atoms with Crippen molar-refractivity contribution in [3.05, 3.63) is 35.9 Å². The standard InChI is InChI=1S/C19H28N2O4/c1-19(2,3)25-18(23)21-12-10-15(11-13-21)20-17(22)16(24-4)14-8-6-5-7-9-14/h5-9,15-16H,10-13H2,1-4H3,(H,20,22)/t16-/m1/s1. The Bertz CT molecular complexity index is 575. The molecule has 1 aliphatic rings. The van der Waals surface area contributed by atoms with E-state index in [0.717, 1.165) is 5.56 Å². The highest BCUT2D eigenvalue weighted by Crippen LogP contribution is 2.19. The van der Waals surface area contributed by atoms with Gasteiger partial charge in [0.15, 0.2) is 6.10 Å². The summed E-state index contributed by atoms with van der Waals surface area (Å²) in [6.45, 7) is 6.71. The molecule has 0 bridgehead atoms. The summed E-state index contributed by atoms with van der Waals surface area (Å²) in [5.74, 6) is -0.149. The molecule has 6 nitrogen and oxygen atoms in total. The van der Waals surface area contributed by atoms with Gasteiger partial charge in [0.2, 0.25) is 0 Å². The molecule has 0 aromatic heterocycles. The second-order valence-corrected chi connectivity index (χ2v) is 7.28. The van der Waals surface area contributed by atoms with E-state index in [1.165, 1.54) is 7.11 Å². The van der Waals surface area contributed by atoms with Crippen LogP contribution in [0.15, 0.2) is 30.3 Å². The number of likely N-dealkylation sites (tertiary alicyclic amines) is 1. The molecule has 1 aromatic rings. The molecule has 1 atom stereocenters. The number of nitrogens with zero attached hydrogens (tertiary/aromatic N) is 1. The lowest BCUT2D eigenvalue weighted by molar-refractivity contribution is -0.132. The van der Waals surface area contributed by atoms with E-state index in [4.69, 9.17) is 9.47 Å². The molecule has 2 rings (SSSR count). The van der Waals surface area contributed by atoms with Crippen LogP contribution < -0.4 is 5.32 Å². The normalized spacial score (nSPS) is 17.0. The van der Waals surface area contributed by atoms with Gasteiger partial charge in [-0.05, 0) is 39.2 Å². The van der Waals surface area contributed by atoms with Crippen molar-refractivity contribution in [1.29, 1.82) is 0 Å². The summed E-state index contributed by atoms with van der Waals surface area (Å²) in [4.78, 5) is 26.3. The van der Waals surface area contributed by atoms with E-state index in [-0.39, 0.29) is 18.0 Å². The number of carbonyl (C=O) groups excluding carboxylic acids is 2. The maximum absolute atomic E-state index is 12.5. The van der Waals surface area contributed by atoms with E-state index in [2.05, 4.69) is 5.32 Å². The Hall–Kier alpha value is -2.08. The maximum atomic E-state index is 12.5. The molecule has 138 valence electrons. The summed E-state index contributed by atoms with van der Waals surface area (Å²) in [7, 11) is 1.53. The zero-order valence-corrected chi connectivity index (χ0v) is 15.5. The maximum Gasteiger partial charge on any atom is 0.410 e. The SMILES string of the molecule is CO[C@@H](C(=O)NC1CCN(C(=O)OC(C)(C)C)CC1)c1ccccc1. The Kier molecular flexibility index (Phi) is 6.42. The summed E-state index contributed by atoms with van der Waals surface area (Å²) < 4.78 is 10.7. The van der Waals surface area contributed by atoms with E-state index in [9.17, 15) is 9.59 Å². The first-order chi connectivity index (χ1) is 11.8. The predicted octanol–water partition coefficient (Wildman–Crippen LogP) is 2.89. The van der Waals surface area contributed by atoms with Gasteiger partial charge in [-0.1, -0.05) is 30.3 Å². The van der Waals surface area contributed by atoms with Gasteiger partial charge in [0.05, 0.1) is 0 Å². The van der Waals surface area contributed by atoms with Gasteiger partial charge in [0.1, 0.15) is 5.60 Å². The summed E-state index contributed by atoms with van der Waals surface area (Å²) in [6, 6.07) is 9.45. The van der Waals surface area contributed by atoms with Crippen LogP contribution in [0.25, 0.3) is 0 Å². The van der Waals surface area contributed by atoms with Crippen LogP contribution in [0.4, 0.5) is 4.79 Å². The van der Waals surface area contributed by atoms with Crippen LogP contribution in [-0.4, -0.2) is 48.7 Å². The van der Waals surface area contributed by atoms with Crippen LogP contribution in [0.5, 0.6) is 0 Å². The Labute approximate surface area is 149 Å². The molecule has 0 aliphatic carbocycles. The fraction of sp³-hybridized carbons (Fsp3) is 0.579. The van der Waals surface area contributed by atoms with E-state index < -0.39 is 11.7 Å². The predicted molar refractivity (Wildman–Crippen MR) is 95.2 cm³/mol. The molecule has 1 N–H and O–H groups in total. The van der Waals surface area contributed by atoms with Crippen molar-refractivity contribution in [1.82, 2.24) is 10.2 Å². The van der Waals surface area contributed by atoms with Crippen molar-refractivity contribution in [3.8, 4) is 0 Å². The minimum atomic E-state index is -0.620. The Morgan fingerprint density at radius 1 is 1.16 bits per heavy atom. The molecule has 1 saturated heterocycles. The molecule has 0 radical (unpaired) electrons. The van der Waals surface area contributed by atoms with Crippen molar-refractivity contribution >= 4 is 12.0 Å². The van der Waals surface area contributed by atoms with Gasteiger partial charge in [-0.15, -0.1) is 0 Å². The first-order valence-corrected chi connectivity index (χ1v) is 8.66. The lowest BCUT2D eigenvalue weighted by Gasteiger charge is -2.34. The summed E-state index contributed by atoms with van der Waals surface area (Å²) >= 11 is 0. The molecule has 0 unspecified atom stereocenters. The lowest BCUT2D eigenvalue weighted by atomic mass is 10.0. The minimum absolute atomic E-state index is 0.0348. The average molecular weight is 348 g/mol. The van der Waals surface area contributed by atoms with Gasteiger partial charge in [0, 0.05) is 26.2 Å². The van der Waals surface area contributed by atoms with Crippen LogP contribution in [-0.2, 0) is 14.3 Å². The molecule has 1 aliphatic heterocycles. The molecular weight excluding hydrogens is 320 g/mol. The molecule has 0 saturated carbocycles. The Morgan fingerprint density at radius 2 is 1.76 bits per heavy atom. The van der Waals surface area contributed by atoms with Gasteiger partial charge < -0.3 is 19.7 Å². The fourth-order valence-corrected chi connectivity index (χ4v) is 2.83. The first kappa shape index (κ1) is 19.2. The number of amides is 2. The third-order valence-corrected chi connectivity index (χ3v) is 4.07. The molecule has 1 heterocycles. The molecule has 2 amide bonds. The highest BCUT2D eigenvalue weighted by Gasteiger charge is 2.29. The summed E-state index contributed by atoms with van der Waals surface area (Å²) in [5, 5.41) is 3.03. The molecule has 6 heteroatoms. The van der Waals surface area contributed by atoms with Crippen molar-refractivity contribution in [2.75, 3.05) is 20.2 Å². The number of methoxy groups -OCH3 is 1. The summed E-state index contributed by atoms with van der Waals surface area (Å²) in [6.07, 6.45) is 0.494. The number of hydrogen-bond donors (Lipinski definition) is 1. The number of rotatable bonds is 4.